The second kappa shape index (κ2) is 10.2. The summed E-state index contributed by atoms with van der Waals surface area (Å²) in [5.41, 5.74) is 10.7. The van der Waals surface area contributed by atoms with Crippen LogP contribution < -0.4 is 17.0 Å². The number of imidazole rings is 2. The molecule has 11 atom stereocenters. The van der Waals surface area contributed by atoms with E-state index < -0.39 is 74.7 Å². The van der Waals surface area contributed by atoms with Crippen molar-refractivity contribution in [1.82, 2.24) is 39.0 Å². The van der Waals surface area contributed by atoms with E-state index in [1.54, 1.807) is 4.57 Å². The van der Waals surface area contributed by atoms with Crippen molar-refractivity contribution in [2.24, 2.45) is 11.3 Å². The van der Waals surface area contributed by atoms with Gasteiger partial charge in [-0.2, -0.15) is 4.98 Å². The average Bonchev–Trinajstić information content (AvgIpc) is 3.26. The van der Waals surface area contributed by atoms with E-state index in [-0.39, 0.29) is 35.5 Å². The fourth-order valence-corrected chi connectivity index (χ4v) is 10.3. The minimum atomic E-state index is -4.91. The summed E-state index contributed by atoms with van der Waals surface area (Å²) >= 11 is 1.04. The van der Waals surface area contributed by atoms with Crippen molar-refractivity contribution in [3.63, 3.8) is 0 Å². The van der Waals surface area contributed by atoms with Gasteiger partial charge >= 0.3 is 16.1 Å². The number of nitrogens with two attached hydrogens (primary N) is 2. The van der Waals surface area contributed by atoms with Gasteiger partial charge in [0.15, 0.2) is 28.7 Å². The van der Waals surface area contributed by atoms with E-state index >= 15 is 0 Å². The number of fused-ring (bicyclic) bond motifs is 4. The maximum absolute atomic E-state index is 13.4. The Morgan fingerprint density at radius 3 is 2.71 bits per heavy atom. The van der Waals surface area contributed by atoms with Crippen molar-refractivity contribution >= 4 is 61.9 Å². The molecule has 2 unspecified atom stereocenters. The summed E-state index contributed by atoms with van der Waals surface area (Å²) in [6, 6.07) is -0.691. The smallest absolute Gasteiger partial charge is 0.389 e. The number of H-pyrrole nitrogens is 1. The Labute approximate surface area is 256 Å². The number of nitrogen functional groups attached to an aromatic ring is 2. The summed E-state index contributed by atoms with van der Waals surface area (Å²) in [6.45, 7) is -0.760. The minimum absolute atomic E-state index is 0.0490. The summed E-state index contributed by atoms with van der Waals surface area (Å²) in [7, 11) is -7.76. The third-order valence-corrected chi connectivity index (χ3v) is 12.1. The van der Waals surface area contributed by atoms with Crippen molar-refractivity contribution in [2.75, 3.05) is 24.7 Å². The highest BCUT2D eigenvalue weighted by Crippen LogP contribution is 2.71. The Hall–Kier alpha value is -3.10. The zero-order valence-corrected chi connectivity index (χ0v) is 25.4. The van der Waals surface area contributed by atoms with Crippen LogP contribution >= 0.6 is 27.8 Å². The molecule has 4 fully saturated rings. The van der Waals surface area contributed by atoms with Crippen LogP contribution in [-0.4, -0.2) is 97.0 Å². The molecule has 2 saturated carbocycles. The van der Waals surface area contributed by atoms with Crippen molar-refractivity contribution < 1.29 is 42.3 Å². The number of nitrogens with one attached hydrogen (secondary N) is 1. The van der Waals surface area contributed by atoms with Gasteiger partial charge in [-0.15, -0.1) is 20.8 Å². The maximum Gasteiger partial charge on any atom is 0.697 e. The topological polar surface area (TPSA) is 291 Å². The average molecular weight is 684 g/mol. The van der Waals surface area contributed by atoms with E-state index in [1.807, 2.05) is 0 Å². The molecule has 20 nitrogen and oxygen atoms in total. The molecule has 0 radical (unpaired) electrons. The van der Waals surface area contributed by atoms with Crippen molar-refractivity contribution in [3.8, 4) is 0 Å². The van der Waals surface area contributed by atoms with Crippen molar-refractivity contribution in [3.05, 3.63) is 29.3 Å². The fourth-order valence-electron chi connectivity index (χ4n) is 6.72. The predicted octanol–water partition coefficient (Wildman–Crippen LogP) is -0.404. The van der Waals surface area contributed by atoms with Crippen LogP contribution in [-0.2, 0) is 27.2 Å². The Balaban J connectivity index is 1.12. The largest absolute Gasteiger partial charge is 0.697 e. The number of hydrogen-bond donors (Lipinski definition) is 6. The van der Waals surface area contributed by atoms with Crippen molar-refractivity contribution in [1.29, 1.82) is 0 Å². The van der Waals surface area contributed by atoms with E-state index in [4.69, 9.17) is 29.6 Å². The molecule has 4 aliphatic rings. The lowest BCUT2D eigenvalue weighted by Crippen LogP contribution is -2.37. The van der Waals surface area contributed by atoms with Gasteiger partial charge in [-0.1, -0.05) is 0 Å². The quantitative estimate of drug-likeness (QED) is 0.146. The van der Waals surface area contributed by atoms with Gasteiger partial charge in [0.2, 0.25) is 5.95 Å². The first-order chi connectivity index (χ1) is 21.5. The van der Waals surface area contributed by atoms with E-state index in [0.29, 0.717) is 17.6 Å². The SMILES string of the molecule is Nc1nc2c(ncn2[C@@H]2S[C@@H]3CO[P+](=O)O[C@H]4[C@@H](O)[C@H](n5cnc6c(N)ncnc65)[C@H]5C[C@@]54COP(=O)(O)O[C@@H]2[C@@H]3O)c(=O)[nH]1. The van der Waals surface area contributed by atoms with Gasteiger partial charge in [0, 0.05) is 9.98 Å². The summed E-state index contributed by atoms with van der Waals surface area (Å²) in [5, 5.41) is 20.8. The monoisotopic (exact) mass is 683 g/mol. The lowest BCUT2D eigenvalue weighted by atomic mass is 10.0. The third kappa shape index (κ3) is 4.53. The Morgan fingerprint density at radius 1 is 1.11 bits per heavy atom. The highest BCUT2D eigenvalue weighted by Gasteiger charge is 2.75. The summed E-state index contributed by atoms with van der Waals surface area (Å²) in [5.74, 6) is -0.416. The second-order valence-electron chi connectivity index (χ2n) is 11.3. The minimum Gasteiger partial charge on any atom is -0.389 e. The van der Waals surface area contributed by atoms with Gasteiger partial charge in [0.25, 0.3) is 5.56 Å². The first-order valence-electron chi connectivity index (χ1n) is 13.6. The standard InChI is InChI=1S/C22H24N10O10P2S/c23-16-9-17(26-4-25-16)31(5-27-9)11-7-1-22(7)3-40-44(37,38)42-14-12(33)8(2-39-43(36)41-15(22)13(11)34)45-20(14)32-6-28-10-18(32)29-21(24)30-19(10)35/h4-8,11-15,20,33-34H,1-3H2,(H5-,23,24,25,26,29,30,35,37,38)/p+1/t7-,8-,11-,12-,13+,14-,15+,20-,22-/m1/s1. The Kier molecular flexibility index (Phi) is 6.64. The van der Waals surface area contributed by atoms with Gasteiger partial charge in [0.1, 0.15) is 36.0 Å². The molecule has 4 aromatic heterocycles. The predicted molar refractivity (Wildman–Crippen MR) is 153 cm³/mol. The molecule has 6 heterocycles. The number of phosphoric ester groups is 1. The van der Waals surface area contributed by atoms with E-state index in [1.165, 1.54) is 23.5 Å². The van der Waals surface area contributed by atoms with E-state index in [2.05, 4.69) is 29.9 Å². The Morgan fingerprint density at radius 2 is 1.89 bits per heavy atom. The summed E-state index contributed by atoms with van der Waals surface area (Å²) in [4.78, 5) is 46.3. The van der Waals surface area contributed by atoms with Crippen LogP contribution in [0.1, 0.15) is 17.8 Å². The van der Waals surface area contributed by atoms with Gasteiger partial charge < -0.3 is 31.1 Å². The molecule has 23 heteroatoms. The van der Waals surface area contributed by atoms with Crippen molar-refractivity contribution in [2.45, 2.75) is 47.5 Å². The first kappa shape index (κ1) is 29.3. The summed E-state index contributed by atoms with van der Waals surface area (Å²) < 4.78 is 52.0. The van der Waals surface area contributed by atoms with Gasteiger partial charge in [-0.3, -0.25) is 23.4 Å². The molecule has 8 N–H and O–H groups in total. The van der Waals surface area contributed by atoms with Crippen LogP contribution in [0.25, 0.3) is 22.3 Å². The number of thioether (sulfide) groups is 1. The number of aromatic nitrogens is 8. The molecule has 0 amide bonds. The summed E-state index contributed by atoms with van der Waals surface area (Å²) in [6.07, 6.45) is -0.893. The molecule has 2 aliphatic carbocycles. The van der Waals surface area contributed by atoms with Crippen LogP contribution in [0.5, 0.6) is 0 Å². The molecule has 238 valence electrons. The van der Waals surface area contributed by atoms with Crippen LogP contribution in [0.3, 0.4) is 0 Å². The molecule has 45 heavy (non-hydrogen) atoms. The normalized spacial score (nSPS) is 39.2. The number of rotatable bonds is 2. The highest BCUT2D eigenvalue weighted by atomic mass is 32.2. The molecule has 8 rings (SSSR count). The number of anilines is 2. The maximum atomic E-state index is 13.4. The van der Waals surface area contributed by atoms with Gasteiger partial charge in [-0.25, -0.2) is 24.5 Å². The zero-order chi connectivity index (χ0) is 31.4. The fraction of sp³-hybridized carbons (Fsp3) is 0.545. The number of phosphoric acid groups is 1. The third-order valence-electron chi connectivity index (χ3n) is 8.86. The number of aliphatic hydroxyl groups is 2. The number of aromatic amines is 1. The number of nitrogens with zero attached hydrogens (tertiary/aromatic N) is 7. The molecule has 4 aromatic rings. The number of hydrogen-bond acceptors (Lipinski definition) is 17. The first-order valence-corrected chi connectivity index (χ1v) is 17.1. The van der Waals surface area contributed by atoms with Gasteiger partial charge in [-0.05, 0) is 12.3 Å². The number of aliphatic hydroxyl groups excluding tert-OH is 2. The lowest BCUT2D eigenvalue weighted by Gasteiger charge is -2.26. The molecule has 1 spiro atoms. The van der Waals surface area contributed by atoms with Crippen LogP contribution in [0, 0.1) is 11.3 Å². The van der Waals surface area contributed by atoms with Gasteiger partial charge in [0.05, 0.1) is 36.7 Å². The molecule has 2 bridgehead atoms. The van der Waals surface area contributed by atoms with E-state index in [9.17, 15) is 29.0 Å². The molecule has 2 saturated heterocycles. The molecular weight excluding hydrogens is 658 g/mol. The highest BCUT2D eigenvalue weighted by molar-refractivity contribution is 8.00. The molecular formula is C22H25N10O10P2S+. The second-order valence-corrected chi connectivity index (χ2v) is 15.0. The van der Waals surface area contributed by atoms with Crippen LogP contribution in [0.15, 0.2) is 23.8 Å². The zero-order valence-electron chi connectivity index (χ0n) is 22.8. The van der Waals surface area contributed by atoms with Crippen LogP contribution in [0.2, 0.25) is 0 Å². The van der Waals surface area contributed by atoms with E-state index in [0.717, 1.165) is 11.8 Å². The van der Waals surface area contributed by atoms with Crippen LogP contribution in [0.4, 0.5) is 11.8 Å². The lowest BCUT2D eigenvalue weighted by molar-refractivity contribution is -0.0215. The molecule has 0 aromatic carbocycles. The molecule has 2 aliphatic heterocycles. The Bertz CT molecular complexity index is 1980.